The molecule has 1 N–H and O–H groups in total. The molecular formula is C20H26N2O2. The molecule has 1 aromatic heterocycles. The summed E-state index contributed by atoms with van der Waals surface area (Å²) in [7, 11) is 0. The van der Waals surface area contributed by atoms with Crippen molar-refractivity contribution in [1.82, 2.24) is 10.2 Å². The van der Waals surface area contributed by atoms with Gasteiger partial charge in [0.25, 0.3) is 0 Å². The van der Waals surface area contributed by atoms with Crippen molar-refractivity contribution in [3.05, 3.63) is 60.1 Å². The smallest absolute Gasteiger partial charge is 0.221 e. The number of benzene rings is 1. The van der Waals surface area contributed by atoms with Gasteiger partial charge in [-0.3, -0.25) is 4.79 Å². The molecule has 0 saturated carbocycles. The monoisotopic (exact) mass is 326 g/mol. The normalized spacial score (nSPS) is 21.5. The zero-order valence-corrected chi connectivity index (χ0v) is 14.3. The van der Waals surface area contributed by atoms with E-state index in [0.29, 0.717) is 13.0 Å². The van der Waals surface area contributed by atoms with Gasteiger partial charge in [0.2, 0.25) is 5.91 Å². The van der Waals surface area contributed by atoms with E-state index < -0.39 is 0 Å². The molecule has 0 spiro atoms. The van der Waals surface area contributed by atoms with Crippen molar-refractivity contribution in [3.8, 4) is 0 Å². The summed E-state index contributed by atoms with van der Waals surface area (Å²) < 4.78 is 5.23. The van der Waals surface area contributed by atoms with Crippen LogP contribution in [0.1, 0.15) is 37.5 Å². The van der Waals surface area contributed by atoms with Crippen molar-refractivity contribution in [3.63, 3.8) is 0 Å². The van der Waals surface area contributed by atoms with Gasteiger partial charge < -0.3 is 14.6 Å². The van der Waals surface area contributed by atoms with Crippen LogP contribution in [-0.4, -0.2) is 30.4 Å². The fourth-order valence-electron chi connectivity index (χ4n) is 3.56. The number of hydrogen-bond acceptors (Lipinski definition) is 3. The number of hydrogen-bond donors (Lipinski definition) is 1. The molecule has 2 aromatic rings. The SMILES string of the molecule is C[C@]1(c2ccccc2)CCCN(CCC(=O)NCc2ccco2)C1. The maximum atomic E-state index is 12.0. The summed E-state index contributed by atoms with van der Waals surface area (Å²) in [5.74, 6) is 0.872. The van der Waals surface area contributed by atoms with Gasteiger partial charge in [-0.05, 0) is 37.1 Å². The number of furan rings is 1. The molecule has 24 heavy (non-hydrogen) atoms. The molecule has 1 aliphatic rings. The Morgan fingerprint density at radius 3 is 2.83 bits per heavy atom. The third kappa shape index (κ3) is 4.26. The second-order valence-electron chi connectivity index (χ2n) is 6.91. The minimum absolute atomic E-state index is 0.0818. The maximum Gasteiger partial charge on any atom is 0.221 e. The molecule has 2 heterocycles. The lowest BCUT2D eigenvalue weighted by atomic mass is 9.76. The Kier molecular flexibility index (Phi) is 5.36. The predicted molar refractivity (Wildman–Crippen MR) is 94.6 cm³/mol. The first-order valence-electron chi connectivity index (χ1n) is 8.73. The largest absolute Gasteiger partial charge is 0.467 e. The molecule has 1 atom stereocenters. The molecule has 0 unspecified atom stereocenters. The topological polar surface area (TPSA) is 45.5 Å². The summed E-state index contributed by atoms with van der Waals surface area (Å²) in [5, 5.41) is 2.92. The van der Waals surface area contributed by atoms with E-state index >= 15 is 0 Å². The zero-order chi connectivity index (χ0) is 16.8. The summed E-state index contributed by atoms with van der Waals surface area (Å²) in [6, 6.07) is 14.4. The highest BCUT2D eigenvalue weighted by atomic mass is 16.3. The average Bonchev–Trinajstić information content (AvgIpc) is 3.13. The van der Waals surface area contributed by atoms with Crippen LogP contribution < -0.4 is 5.32 Å². The molecule has 1 saturated heterocycles. The quantitative estimate of drug-likeness (QED) is 0.885. The molecule has 0 bridgehead atoms. The summed E-state index contributed by atoms with van der Waals surface area (Å²) in [5.41, 5.74) is 1.58. The van der Waals surface area contributed by atoms with E-state index in [1.165, 1.54) is 18.4 Å². The van der Waals surface area contributed by atoms with Crippen molar-refractivity contribution < 1.29 is 9.21 Å². The Labute approximate surface area is 143 Å². The lowest BCUT2D eigenvalue weighted by molar-refractivity contribution is -0.121. The molecular weight excluding hydrogens is 300 g/mol. The van der Waals surface area contributed by atoms with Crippen LogP contribution in [0.5, 0.6) is 0 Å². The van der Waals surface area contributed by atoms with E-state index in [0.717, 1.165) is 25.4 Å². The van der Waals surface area contributed by atoms with Crippen LogP contribution >= 0.6 is 0 Å². The van der Waals surface area contributed by atoms with E-state index in [4.69, 9.17) is 4.42 Å². The first-order chi connectivity index (χ1) is 11.7. The molecule has 4 nitrogen and oxygen atoms in total. The highest BCUT2D eigenvalue weighted by Crippen LogP contribution is 2.33. The average molecular weight is 326 g/mol. The van der Waals surface area contributed by atoms with Crippen LogP contribution in [0.25, 0.3) is 0 Å². The number of likely N-dealkylation sites (tertiary alicyclic amines) is 1. The minimum Gasteiger partial charge on any atom is -0.467 e. The van der Waals surface area contributed by atoms with E-state index in [1.54, 1.807) is 6.26 Å². The van der Waals surface area contributed by atoms with Gasteiger partial charge >= 0.3 is 0 Å². The predicted octanol–water partition coefficient (Wildman–Crippen LogP) is 3.34. The molecule has 4 heteroatoms. The molecule has 1 amide bonds. The van der Waals surface area contributed by atoms with E-state index in [-0.39, 0.29) is 11.3 Å². The molecule has 0 aliphatic carbocycles. The number of piperidine rings is 1. The lowest BCUT2D eigenvalue weighted by Gasteiger charge is -2.41. The van der Waals surface area contributed by atoms with Crippen molar-refractivity contribution >= 4 is 5.91 Å². The fourth-order valence-corrected chi connectivity index (χ4v) is 3.56. The Bertz CT molecular complexity index is 639. The van der Waals surface area contributed by atoms with Gasteiger partial charge in [-0.15, -0.1) is 0 Å². The number of carbonyl (C=O) groups excluding carboxylic acids is 1. The van der Waals surface area contributed by atoms with Gasteiger partial charge in [-0.25, -0.2) is 0 Å². The van der Waals surface area contributed by atoms with E-state index in [1.807, 2.05) is 12.1 Å². The standard InChI is InChI=1S/C20H26N2O2/c1-20(17-7-3-2-4-8-17)11-6-12-22(16-20)13-10-19(23)21-15-18-9-5-14-24-18/h2-5,7-9,14H,6,10-13,15-16H2,1H3,(H,21,23)/t20-/m0/s1. The number of rotatable bonds is 6. The summed E-state index contributed by atoms with van der Waals surface area (Å²) in [4.78, 5) is 14.5. The van der Waals surface area contributed by atoms with Crippen LogP contribution in [0.3, 0.4) is 0 Å². The van der Waals surface area contributed by atoms with Crippen LogP contribution in [0.4, 0.5) is 0 Å². The van der Waals surface area contributed by atoms with Gasteiger partial charge in [-0.2, -0.15) is 0 Å². The first kappa shape index (κ1) is 16.8. The second-order valence-corrected chi connectivity index (χ2v) is 6.91. The van der Waals surface area contributed by atoms with Crippen LogP contribution in [0.2, 0.25) is 0 Å². The molecule has 1 fully saturated rings. The lowest BCUT2D eigenvalue weighted by Crippen LogP contribution is -2.45. The third-order valence-corrected chi connectivity index (χ3v) is 4.94. The van der Waals surface area contributed by atoms with E-state index in [9.17, 15) is 4.79 Å². The molecule has 3 rings (SSSR count). The summed E-state index contributed by atoms with van der Waals surface area (Å²) >= 11 is 0. The Hall–Kier alpha value is -2.07. The maximum absolute atomic E-state index is 12.0. The Balaban J connectivity index is 1.48. The molecule has 128 valence electrons. The van der Waals surface area contributed by atoms with Gasteiger partial charge in [-0.1, -0.05) is 37.3 Å². The van der Waals surface area contributed by atoms with Crippen LogP contribution in [0, 0.1) is 0 Å². The van der Waals surface area contributed by atoms with Crippen LogP contribution in [0.15, 0.2) is 53.1 Å². The Morgan fingerprint density at radius 1 is 1.25 bits per heavy atom. The van der Waals surface area contributed by atoms with Gasteiger partial charge in [0.15, 0.2) is 0 Å². The minimum atomic E-state index is 0.0818. The molecule has 0 radical (unpaired) electrons. The summed E-state index contributed by atoms with van der Waals surface area (Å²) in [6.07, 6.45) is 4.54. The third-order valence-electron chi connectivity index (χ3n) is 4.94. The zero-order valence-electron chi connectivity index (χ0n) is 14.3. The van der Waals surface area contributed by atoms with Crippen molar-refractivity contribution in [2.45, 2.75) is 38.1 Å². The number of carbonyl (C=O) groups is 1. The number of nitrogens with one attached hydrogen (secondary N) is 1. The van der Waals surface area contributed by atoms with Crippen molar-refractivity contribution in [2.75, 3.05) is 19.6 Å². The van der Waals surface area contributed by atoms with Crippen LogP contribution in [-0.2, 0) is 16.8 Å². The van der Waals surface area contributed by atoms with Gasteiger partial charge in [0, 0.05) is 24.9 Å². The number of amides is 1. The van der Waals surface area contributed by atoms with Gasteiger partial charge in [0.1, 0.15) is 5.76 Å². The Morgan fingerprint density at radius 2 is 2.08 bits per heavy atom. The highest BCUT2D eigenvalue weighted by molar-refractivity contribution is 5.75. The first-order valence-corrected chi connectivity index (χ1v) is 8.73. The van der Waals surface area contributed by atoms with Crippen molar-refractivity contribution in [2.24, 2.45) is 0 Å². The fraction of sp³-hybridized carbons (Fsp3) is 0.450. The summed E-state index contributed by atoms with van der Waals surface area (Å²) in [6.45, 7) is 5.71. The molecule has 1 aromatic carbocycles. The van der Waals surface area contributed by atoms with E-state index in [2.05, 4.69) is 47.5 Å². The van der Waals surface area contributed by atoms with Crippen molar-refractivity contribution in [1.29, 1.82) is 0 Å². The highest BCUT2D eigenvalue weighted by Gasteiger charge is 2.32. The second kappa shape index (κ2) is 7.67. The molecule has 1 aliphatic heterocycles. The number of nitrogens with zero attached hydrogens (tertiary/aromatic N) is 1. The van der Waals surface area contributed by atoms with Gasteiger partial charge in [0.05, 0.1) is 12.8 Å².